The standard InChI is InChI=1S/C19H23N3O3/c1-14(20)10-11-18(23)22-16-8-5-9-17(12-16)25-13-19(24)21-15-6-3-2-4-7-15/h2-9,12,14H,10-11,13,20H2,1H3,(H,21,24)(H,22,23). The maximum Gasteiger partial charge on any atom is 0.262 e. The molecule has 2 amide bonds. The van der Waals surface area contributed by atoms with Crippen molar-refractivity contribution in [3.63, 3.8) is 0 Å². The van der Waals surface area contributed by atoms with Gasteiger partial charge >= 0.3 is 0 Å². The Labute approximate surface area is 147 Å². The van der Waals surface area contributed by atoms with Crippen molar-refractivity contribution in [2.75, 3.05) is 17.2 Å². The molecule has 0 spiro atoms. The number of carbonyl (C=O) groups excluding carboxylic acids is 2. The molecule has 0 bridgehead atoms. The lowest BCUT2D eigenvalue weighted by atomic mass is 10.2. The van der Waals surface area contributed by atoms with Crippen LogP contribution < -0.4 is 21.1 Å². The number of carbonyl (C=O) groups is 2. The largest absolute Gasteiger partial charge is 0.484 e. The van der Waals surface area contributed by atoms with Crippen LogP contribution in [0.4, 0.5) is 11.4 Å². The number of anilines is 2. The summed E-state index contributed by atoms with van der Waals surface area (Å²) in [5.74, 6) is 0.155. The highest BCUT2D eigenvalue weighted by atomic mass is 16.5. The number of para-hydroxylation sites is 1. The first-order valence-electron chi connectivity index (χ1n) is 8.16. The average molecular weight is 341 g/mol. The van der Waals surface area contributed by atoms with Crippen LogP contribution in [0, 0.1) is 0 Å². The van der Waals surface area contributed by atoms with Gasteiger partial charge in [-0.15, -0.1) is 0 Å². The van der Waals surface area contributed by atoms with Gasteiger partial charge in [-0.3, -0.25) is 9.59 Å². The second-order valence-electron chi connectivity index (χ2n) is 5.79. The minimum atomic E-state index is -0.252. The first kappa shape index (κ1) is 18.5. The molecule has 4 N–H and O–H groups in total. The number of benzene rings is 2. The van der Waals surface area contributed by atoms with E-state index in [9.17, 15) is 9.59 Å². The highest BCUT2D eigenvalue weighted by Gasteiger charge is 2.07. The fourth-order valence-electron chi connectivity index (χ4n) is 2.11. The third-order valence-electron chi connectivity index (χ3n) is 3.37. The number of rotatable bonds is 8. The van der Waals surface area contributed by atoms with Crippen LogP contribution in [0.15, 0.2) is 54.6 Å². The molecule has 0 fully saturated rings. The molecule has 6 nitrogen and oxygen atoms in total. The van der Waals surface area contributed by atoms with E-state index in [2.05, 4.69) is 10.6 Å². The van der Waals surface area contributed by atoms with E-state index in [4.69, 9.17) is 10.5 Å². The Balaban J connectivity index is 1.82. The summed E-state index contributed by atoms with van der Waals surface area (Å²) in [5.41, 5.74) is 6.98. The predicted molar refractivity (Wildman–Crippen MR) is 98.5 cm³/mol. The highest BCUT2D eigenvalue weighted by Crippen LogP contribution is 2.18. The van der Waals surface area contributed by atoms with Crippen LogP contribution in [-0.4, -0.2) is 24.5 Å². The first-order valence-corrected chi connectivity index (χ1v) is 8.16. The molecule has 0 aromatic heterocycles. The fourth-order valence-corrected chi connectivity index (χ4v) is 2.11. The van der Waals surface area contributed by atoms with Gasteiger partial charge in [0.1, 0.15) is 5.75 Å². The maximum absolute atomic E-state index is 11.9. The molecule has 0 saturated heterocycles. The molecule has 1 unspecified atom stereocenters. The highest BCUT2D eigenvalue weighted by molar-refractivity contribution is 5.92. The maximum atomic E-state index is 11.9. The van der Waals surface area contributed by atoms with Gasteiger partial charge in [0.25, 0.3) is 5.91 Å². The second kappa shape index (κ2) is 9.44. The number of ether oxygens (including phenoxy) is 1. The average Bonchev–Trinajstić information content (AvgIpc) is 2.59. The van der Waals surface area contributed by atoms with E-state index >= 15 is 0 Å². The van der Waals surface area contributed by atoms with Gasteiger partial charge in [0.05, 0.1) is 0 Å². The molecule has 0 aliphatic heterocycles. The molecule has 0 heterocycles. The fraction of sp³-hybridized carbons (Fsp3) is 0.263. The smallest absolute Gasteiger partial charge is 0.262 e. The molecule has 6 heteroatoms. The molecule has 132 valence electrons. The van der Waals surface area contributed by atoms with Crippen LogP contribution >= 0.6 is 0 Å². The van der Waals surface area contributed by atoms with E-state index in [0.29, 0.717) is 30.0 Å². The number of hydrogen-bond donors (Lipinski definition) is 3. The summed E-state index contributed by atoms with van der Waals surface area (Å²) in [6.07, 6.45) is 0.990. The minimum absolute atomic E-state index is 0.0106. The molecule has 0 radical (unpaired) electrons. The van der Waals surface area contributed by atoms with Crippen molar-refractivity contribution in [3.05, 3.63) is 54.6 Å². The monoisotopic (exact) mass is 341 g/mol. The molecular weight excluding hydrogens is 318 g/mol. The van der Waals surface area contributed by atoms with Crippen molar-refractivity contribution < 1.29 is 14.3 Å². The zero-order chi connectivity index (χ0) is 18.1. The van der Waals surface area contributed by atoms with E-state index in [1.54, 1.807) is 36.4 Å². The van der Waals surface area contributed by atoms with Crippen molar-refractivity contribution in [2.24, 2.45) is 5.73 Å². The molecule has 2 aromatic carbocycles. The van der Waals surface area contributed by atoms with Crippen LogP contribution in [0.2, 0.25) is 0 Å². The Kier molecular flexibility index (Phi) is 6.98. The summed E-state index contributed by atoms with van der Waals surface area (Å²) in [6, 6.07) is 16.1. The molecule has 0 aliphatic rings. The third-order valence-corrected chi connectivity index (χ3v) is 3.37. The van der Waals surface area contributed by atoms with Crippen LogP contribution in [0.25, 0.3) is 0 Å². The Hall–Kier alpha value is -2.86. The molecule has 2 rings (SSSR count). The summed E-state index contributed by atoms with van der Waals surface area (Å²) in [5, 5.41) is 5.53. The lowest BCUT2D eigenvalue weighted by molar-refractivity contribution is -0.118. The molecular formula is C19H23N3O3. The Morgan fingerprint density at radius 2 is 1.68 bits per heavy atom. The Morgan fingerprint density at radius 3 is 2.40 bits per heavy atom. The van der Waals surface area contributed by atoms with E-state index < -0.39 is 0 Å². The molecule has 25 heavy (non-hydrogen) atoms. The van der Waals surface area contributed by atoms with Crippen molar-refractivity contribution >= 4 is 23.2 Å². The summed E-state index contributed by atoms with van der Waals surface area (Å²) in [7, 11) is 0. The van der Waals surface area contributed by atoms with Gasteiger partial charge in [0, 0.05) is 29.9 Å². The van der Waals surface area contributed by atoms with Gasteiger partial charge < -0.3 is 21.1 Å². The van der Waals surface area contributed by atoms with Crippen molar-refractivity contribution in [1.29, 1.82) is 0 Å². The normalized spacial score (nSPS) is 11.4. The van der Waals surface area contributed by atoms with E-state index in [1.165, 1.54) is 0 Å². The molecule has 0 saturated carbocycles. The summed E-state index contributed by atoms with van der Waals surface area (Å²) >= 11 is 0. The van der Waals surface area contributed by atoms with Crippen LogP contribution in [-0.2, 0) is 9.59 Å². The van der Waals surface area contributed by atoms with Gasteiger partial charge in [-0.2, -0.15) is 0 Å². The molecule has 1 atom stereocenters. The van der Waals surface area contributed by atoms with Gasteiger partial charge in [0.15, 0.2) is 6.61 Å². The van der Waals surface area contributed by atoms with Gasteiger partial charge in [-0.1, -0.05) is 24.3 Å². The van der Waals surface area contributed by atoms with E-state index in [1.807, 2.05) is 25.1 Å². The Morgan fingerprint density at radius 1 is 1.00 bits per heavy atom. The summed E-state index contributed by atoms with van der Waals surface area (Å²) in [4.78, 5) is 23.7. The van der Waals surface area contributed by atoms with Gasteiger partial charge in [-0.05, 0) is 37.6 Å². The van der Waals surface area contributed by atoms with Crippen molar-refractivity contribution in [1.82, 2.24) is 0 Å². The topological polar surface area (TPSA) is 93.5 Å². The number of hydrogen-bond acceptors (Lipinski definition) is 4. The summed E-state index contributed by atoms with van der Waals surface area (Å²) in [6.45, 7) is 1.75. The third kappa shape index (κ3) is 7.05. The zero-order valence-electron chi connectivity index (χ0n) is 14.2. The lowest BCUT2D eigenvalue weighted by Gasteiger charge is -2.10. The van der Waals surface area contributed by atoms with Crippen LogP contribution in [0.1, 0.15) is 19.8 Å². The van der Waals surface area contributed by atoms with Gasteiger partial charge in [-0.25, -0.2) is 0 Å². The molecule has 0 aliphatic carbocycles. The van der Waals surface area contributed by atoms with Gasteiger partial charge in [0.2, 0.25) is 5.91 Å². The van der Waals surface area contributed by atoms with E-state index in [0.717, 1.165) is 0 Å². The lowest BCUT2D eigenvalue weighted by Crippen LogP contribution is -2.20. The SMILES string of the molecule is CC(N)CCC(=O)Nc1cccc(OCC(=O)Nc2ccccc2)c1. The first-order chi connectivity index (χ1) is 12.0. The minimum Gasteiger partial charge on any atom is -0.484 e. The number of nitrogens with one attached hydrogen (secondary N) is 2. The van der Waals surface area contributed by atoms with Crippen molar-refractivity contribution in [3.8, 4) is 5.75 Å². The quantitative estimate of drug-likeness (QED) is 0.688. The van der Waals surface area contributed by atoms with E-state index in [-0.39, 0.29) is 24.5 Å². The Bertz CT molecular complexity index is 702. The van der Waals surface area contributed by atoms with Crippen molar-refractivity contribution in [2.45, 2.75) is 25.8 Å². The molecule has 2 aromatic rings. The van der Waals surface area contributed by atoms with Crippen LogP contribution in [0.5, 0.6) is 5.75 Å². The van der Waals surface area contributed by atoms with Crippen LogP contribution in [0.3, 0.4) is 0 Å². The predicted octanol–water partition coefficient (Wildman–Crippen LogP) is 2.77. The second-order valence-corrected chi connectivity index (χ2v) is 5.79. The zero-order valence-corrected chi connectivity index (χ0v) is 14.2. The number of amides is 2. The number of nitrogens with two attached hydrogens (primary N) is 1. The summed E-state index contributed by atoms with van der Waals surface area (Å²) < 4.78 is 5.48.